The molecule has 3 aromatic rings. The number of amides is 1. The van der Waals surface area contributed by atoms with E-state index in [0.29, 0.717) is 29.6 Å². The van der Waals surface area contributed by atoms with Gasteiger partial charge in [0.2, 0.25) is 0 Å². The number of benzene rings is 1. The van der Waals surface area contributed by atoms with Crippen LogP contribution in [0.2, 0.25) is 0 Å². The van der Waals surface area contributed by atoms with E-state index in [9.17, 15) is 9.59 Å². The molecule has 0 radical (unpaired) electrons. The van der Waals surface area contributed by atoms with Gasteiger partial charge in [-0.05, 0) is 35.4 Å². The molecule has 0 aliphatic carbocycles. The normalized spacial score (nSPS) is 10.9. The second kappa shape index (κ2) is 6.34. The van der Waals surface area contributed by atoms with E-state index in [1.807, 2.05) is 29.8 Å². The summed E-state index contributed by atoms with van der Waals surface area (Å²) >= 11 is 1.60. The molecule has 0 aliphatic rings. The Hall–Kier alpha value is -2.47. The molecular weight excluding hydrogens is 310 g/mol. The first-order valence-corrected chi connectivity index (χ1v) is 8.32. The third-order valence-corrected chi connectivity index (χ3v) is 4.45. The van der Waals surface area contributed by atoms with Crippen LogP contribution in [-0.4, -0.2) is 27.6 Å². The van der Waals surface area contributed by atoms with Crippen molar-refractivity contribution in [2.45, 2.75) is 20.0 Å². The van der Waals surface area contributed by atoms with Crippen molar-refractivity contribution >= 4 is 28.0 Å². The molecule has 0 spiro atoms. The molecule has 6 heteroatoms. The zero-order valence-electron chi connectivity index (χ0n) is 13.0. The Morgan fingerprint density at radius 1 is 1.26 bits per heavy atom. The number of fused-ring (bicyclic) bond motifs is 1. The largest absolute Gasteiger partial charge is 0.336 e. The molecule has 23 heavy (non-hydrogen) atoms. The van der Waals surface area contributed by atoms with E-state index >= 15 is 0 Å². The Morgan fingerprint density at radius 3 is 2.65 bits per heavy atom. The standard InChI is InChI=1S/C17H17N3O2S/c1-3-20-16(21)14-7-5-4-6-13(14)15(18-20)17(22)19(2)10-12-8-9-23-11-12/h4-9,11H,3,10H2,1-2H3. The lowest BCUT2D eigenvalue weighted by molar-refractivity contribution is 0.0779. The van der Waals surface area contributed by atoms with E-state index in [2.05, 4.69) is 5.10 Å². The maximum absolute atomic E-state index is 12.8. The molecule has 0 aliphatic heterocycles. The molecule has 1 amide bonds. The number of carbonyl (C=O) groups is 1. The average Bonchev–Trinajstić information content (AvgIpc) is 3.08. The highest BCUT2D eigenvalue weighted by molar-refractivity contribution is 7.07. The third-order valence-electron chi connectivity index (χ3n) is 3.72. The summed E-state index contributed by atoms with van der Waals surface area (Å²) in [5.41, 5.74) is 1.24. The molecule has 0 saturated heterocycles. The van der Waals surface area contributed by atoms with Crippen LogP contribution in [0.3, 0.4) is 0 Å². The Bertz CT molecular complexity index is 900. The van der Waals surface area contributed by atoms with Crippen molar-refractivity contribution < 1.29 is 4.79 Å². The van der Waals surface area contributed by atoms with E-state index in [-0.39, 0.29) is 11.5 Å². The van der Waals surface area contributed by atoms with Gasteiger partial charge in [-0.15, -0.1) is 0 Å². The lowest BCUT2D eigenvalue weighted by Crippen LogP contribution is -2.31. The van der Waals surface area contributed by atoms with E-state index in [1.54, 1.807) is 41.5 Å². The zero-order valence-corrected chi connectivity index (χ0v) is 13.8. The minimum absolute atomic E-state index is 0.167. The first kappa shape index (κ1) is 15.4. The van der Waals surface area contributed by atoms with Gasteiger partial charge in [-0.1, -0.05) is 18.2 Å². The van der Waals surface area contributed by atoms with Crippen molar-refractivity contribution in [3.8, 4) is 0 Å². The number of hydrogen-bond donors (Lipinski definition) is 0. The molecule has 5 nitrogen and oxygen atoms in total. The lowest BCUT2D eigenvalue weighted by Gasteiger charge is -2.17. The highest BCUT2D eigenvalue weighted by Crippen LogP contribution is 2.16. The molecule has 0 saturated carbocycles. The average molecular weight is 327 g/mol. The highest BCUT2D eigenvalue weighted by atomic mass is 32.1. The van der Waals surface area contributed by atoms with E-state index < -0.39 is 0 Å². The first-order valence-electron chi connectivity index (χ1n) is 7.38. The number of carbonyl (C=O) groups excluding carboxylic acids is 1. The van der Waals surface area contributed by atoms with Gasteiger partial charge in [0.25, 0.3) is 11.5 Å². The van der Waals surface area contributed by atoms with Crippen LogP contribution >= 0.6 is 11.3 Å². The van der Waals surface area contributed by atoms with Gasteiger partial charge in [-0.25, -0.2) is 4.68 Å². The summed E-state index contributed by atoms with van der Waals surface area (Å²) in [6.07, 6.45) is 0. The number of hydrogen-bond acceptors (Lipinski definition) is 4. The second-order valence-corrected chi connectivity index (χ2v) is 6.09. The fourth-order valence-electron chi connectivity index (χ4n) is 2.52. The fraction of sp³-hybridized carbons (Fsp3) is 0.235. The number of aromatic nitrogens is 2. The van der Waals surface area contributed by atoms with Gasteiger partial charge in [0.15, 0.2) is 5.69 Å². The van der Waals surface area contributed by atoms with Gasteiger partial charge >= 0.3 is 0 Å². The van der Waals surface area contributed by atoms with Crippen LogP contribution in [0, 0.1) is 0 Å². The Morgan fingerprint density at radius 2 is 2.00 bits per heavy atom. The van der Waals surface area contributed by atoms with Crippen molar-refractivity contribution in [3.05, 3.63) is 62.7 Å². The lowest BCUT2D eigenvalue weighted by atomic mass is 10.1. The van der Waals surface area contributed by atoms with Crippen LogP contribution in [0.15, 0.2) is 45.9 Å². The first-order chi connectivity index (χ1) is 11.1. The van der Waals surface area contributed by atoms with E-state index in [4.69, 9.17) is 0 Å². The number of nitrogens with zero attached hydrogens (tertiary/aromatic N) is 3. The molecule has 2 heterocycles. The maximum atomic E-state index is 12.8. The van der Waals surface area contributed by atoms with Gasteiger partial charge in [-0.3, -0.25) is 9.59 Å². The quantitative estimate of drug-likeness (QED) is 0.740. The summed E-state index contributed by atoms with van der Waals surface area (Å²) in [7, 11) is 1.75. The molecule has 0 fully saturated rings. The van der Waals surface area contributed by atoms with Crippen LogP contribution < -0.4 is 5.56 Å². The summed E-state index contributed by atoms with van der Waals surface area (Å²) in [5, 5.41) is 9.41. The van der Waals surface area contributed by atoms with Crippen molar-refractivity contribution in [1.82, 2.24) is 14.7 Å². The van der Waals surface area contributed by atoms with Gasteiger partial charge in [-0.2, -0.15) is 16.4 Å². The topological polar surface area (TPSA) is 55.2 Å². The Balaban J connectivity index is 2.06. The van der Waals surface area contributed by atoms with Gasteiger partial charge in [0.1, 0.15) is 0 Å². The SMILES string of the molecule is CCn1nc(C(=O)N(C)Cc2ccsc2)c2ccccc2c1=O. The second-order valence-electron chi connectivity index (χ2n) is 5.31. The highest BCUT2D eigenvalue weighted by Gasteiger charge is 2.19. The summed E-state index contributed by atoms with van der Waals surface area (Å²) in [6, 6.07) is 9.12. The van der Waals surface area contributed by atoms with Gasteiger partial charge in [0, 0.05) is 25.5 Å². The third kappa shape index (κ3) is 2.90. The molecule has 3 rings (SSSR count). The molecule has 1 aromatic carbocycles. The van der Waals surface area contributed by atoms with Crippen LogP contribution in [0.1, 0.15) is 23.0 Å². The van der Waals surface area contributed by atoms with E-state index in [0.717, 1.165) is 5.56 Å². The van der Waals surface area contributed by atoms with Crippen LogP contribution in [0.4, 0.5) is 0 Å². The zero-order chi connectivity index (χ0) is 16.4. The molecule has 0 atom stereocenters. The maximum Gasteiger partial charge on any atom is 0.274 e. The van der Waals surface area contributed by atoms with Crippen molar-refractivity contribution in [2.75, 3.05) is 7.05 Å². The number of aryl methyl sites for hydroxylation is 1. The molecular formula is C17H17N3O2S. The Kier molecular flexibility index (Phi) is 4.25. The summed E-state index contributed by atoms with van der Waals surface area (Å²) in [5.74, 6) is -0.186. The van der Waals surface area contributed by atoms with Crippen LogP contribution in [0.5, 0.6) is 0 Å². The van der Waals surface area contributed by atoms with Gasteiger partial charge in [0.05, 0.1) is 5.39 Å². The minimum atomic E-state index is -0.186. The molecule has 0 N–H and O–H groups in total. The Labute approximate surface area is 137 Å². The van der Waals surface area contributed by atoms with Crippen molar-refractivity contribution in [1.29, 1.82) is 0 Å². The van der Waals surface area contributed by atoms with Gasteiger partial charge < -0.3 is 4.90 Å². The smallest absolute Gasteiger partial charge is 0.274 e. The minimum Gasteiger partial charge on any atom is -0.336 e. The monoisotopic (exact) mass is 327 g/mol. The van der Waals surface area contributed by atoms with Crippen LogP contribution in [0.25, 0.3) is 10.8 Å². The predicted octanol–water partition coefficient (Wildman–Crippen LogP) is 2.75. The number of rotatable bonds is 4. The summed E-state index contributed by atoms with van der Waals surface area (Å²) in [4.78, 5) is 26.8. The van der Waals surface area contributed by atoms with Crippen molar-refractivity contribution in [3.63, 3.8) is 0 Å². The van der Waals surface area contributed by atoms with Crippen molar-refractivity contribution in [2.24, 2.45) is 0 Å². The van der Waals surface area contributed by atoms with E-state index in [1.165, 1.54) is 4.68 Å². The molecule has 2 aromatic heterocycles. The fourth-order valence-corrected chi connectivity index (χ4v) is 3.18. The molecule has 118 valence electrons. The van der Waals surface area contributed by atoms with Crippen LogP contribution in [-0.2, 0) is 13.1 Å². The molecule has 0 bridgehead atoms. The summed E-state index contributed by atoms with van der Waals surface area (Å²) < 4.78 is 1.34. The molecule has 0 unspecified atom stereocenters. The predicted molar refractivity (Wildman–Crippen MR) is 91.8 cm³/mol. The summed E-state index contributed by atoms with van der Waals surface area (Å²) in [6.45, 7) is 2.79. The number of thiophene rings is 1.